The third-order valence-electron chi connectivity index (χ3n) is 3.13. The van der Waals surface area contributed by atoms with Crippen molar-refractivity contribution in [3.05, 3.63) is 70.9 Å². The summed E-state index contributed by atoms with van der Waals surface area (Å²) in [5, 5.41) is 11.3. The summed E-state index contributed by atoms with van der Waals surface area (Å²) in [6.07, 6.45) is 0. The van der Waals surface area contributed by atoms with Crippen molar-refractivity contribution in [3.63, 3.8) is 0 Å². The molecule has 1 aromatic heterocycles. The molecule has 0 unspecified atom stereocenters. The molecule has 2 nitrogen and oxygen atoms in total. The van der Waals surface area contributed by atoms with Gasteiger partial charge in [0.05, 0.1) is 0 Å². The fourth-order valence-electron chi connectivity index (χ4n) is 2.24. The van der Waals surface area contributed by atoms with Gasteiger partial charge in [-0.2, -0.15) is 0 Å². The lowest BCUT2D eigenvalue weighted by Crippen LogP contribution is -1.95. The van der Waals surface area contributed by atoms with Gasteiger partial charge in [-0.1, -0.05) is 88.4 Å². The highest BCUT2D eigenvalue weighted by Crippen LogP contribution is 2.39. The van der Waals surface area contributed by atoms with E-state index in [1.54, 1.807) is 0 Å². The second-order valence-corrected chi connectivity index (χ2v) is 5.27. The summed E-state index contributed by atoms with van der Waals surface area (Å²) < 4.78 is 0. The number of carbonyl (C=O) groups is 1. The van der Waals surface area contributed by atoms with E-state index in [-0.39, 0.29) is 0 Å². The average molecular weight is 340 g/mol. The number of benzene rings is 2. The zero-order valence-electron chi connectivity index (χ0n) is 14.6. The van der Waals surface area contributed by atoms with Crippen LogP contribution >= 0.6 is 11.3 Å². The van der Waals surface area contributed by atoms with Crippen molar-refractivity contribution < 1.29 is 9.90 Å². The van der Waals surface area contributed by atoms with Crippen LogP contribution in [0.4, 0.5) is 0 Å². The molecule has 1 heterocycles. The molecule has 0 atom stereocenters. The second kappa shape index (κ2) is 10.4. The average Bonchev–Trinajstić information content (AvgIpc) is 3.12. The molecule has 0 aliphatic rings. The molecule has 0 fully saturated rings. The van der Waals surface area contributed by atoms with Gasteiger partial charge in [0.1, 0.15) is 4.88 Å². The second-order valence-electron chi connectivity index (χ2n) is 4.39. The van der Waals surface area contributed by atoms with Crippen molar-refractivity contribution >= 4 is 17.3 Å². The van der Waals surface area contributed by atoms with Gasteiger partial charge >= 0.3 is 5.97 Å². The molecule has 0 aliphatic carbocycles. The molecule has 0 saturated heterocycles. The molecule has 2 aromatic carbocycles. The first-order chi connectivity index (χ1) is 11.8. The van der Waals surface area contributed by atoms with Gasteiger partial charge in [0.25, 0.3) is 0 Å². The first kappa shape index (κ1) is 19.7. The number of rotatable bonds is 3. The summed E-state index contributed by atoms with van der Waals surface area (Å²) in [6.45, 7) is 8.00. The molecule has 3 rings (SSSR count). The fourth-order valence-corrected chi connectivity index (χ4v) is 3.17. The van der Waals surface area contributed by atoms with Gasteiger partial charge in [0.2, 0.25) is 0 Å². The summed E-state index contributed by atoms with van der Waals surface area (Å²) >= 11 is 1.27. The maximum absolute atomic E-state index is 11.5. The molecule has 0 amide bonds. The van der Waals surface area contributed by atoms with Gasteiger partial charge in [-0.05, 0) is 11.1 Å². The molecule has 0 saturated carbocycles. The summed E-state index contributed by atoms with van der Waals surface area (Å²) in [5.41, 5.74) is 3.74. The van der Waals surface area contributed by atoms with Crippen LogP contribution in [0.15, 0.2) is 66.0 Å². The third-order valence-corrected chi connectivity index (χ3v) is 4.10. The lowest BCUT2D eigenvalue weighted by Gasteiger charge is -2.06. The Hall–Kier alpha value is -2.39. The van der Waals surface area contributed by atoms with Crippen molar-refractivity contribution in [2.24, 2.45) is 0 Å². The summed E-state index contributed by atoms with van der Waals surface area (Å²) in [5.74, 6) is -0.879. The van der Waals surface area contributed by atoms with E-state index in [0.717, 1.165) is 22.3 Å². The zero-order chi connectivity index (χ0) is 17.9. The number of thiophene rings is 1. The normalized spacial score (nSPS) is 9.17. The van der Waals surface area contributed by atoms with E-state index in [4.69, 9.17) is 0 Å². The first-order valence-corrected chi connectivity index (χ1v) is 9.11. The van der Waals surface area contributed by atoms with Crippen molar-refractivity contribution in [1.82, 2.24) is 0 Å². The van der Waals surface area contributed by atoms with E-state index < -0.39 is 5.97 Å². The Morgan fingerprint density at radius 3 is 1.71 bits per heavy atom. The van der Waals surface area contributed by atoms with Crippen LogP contribution in [0.3, 0.4) is 0 Å². The van der Waals surface area contributed by atoms with Crippen LogP contribution in [-0.4, -0.2) is 11.1 Å². The van der Waals surface area contributed by atoms with Gasteiger partial charge in [0, 0.05) is 16.5 Å². The van der Waals surface area contributed by atoms with E-state index in [9.17, 15) is 9.90 Å². The Bertz CT molecular complexity index is 731. The standard InChI is InChI=1S/C17H12O2S.2C2H6/c18-17(19)16-15(13-9-5-2-6-10-13)14(11-20-16)12-7-3-1-4-8-12;2*1-2/h1-11H,(H,18,19);2*1-2H3. The molecule has 3 aromatic rings. The minimum absolute atomic E-state index is 0.384. The predicted octanol–water partition coefficient (Wildman–Crippen LogP) is 6.83. The minimum Gasteiger partial charge on any atom is -0.477 e. The van der Waals surface area contributed by atoms with Crippen LogP contribution in [0.1, 0.15) is 37.4 Å². The van der Waals surface area contributed by atoms with Gasteiger partial charge < -0.3 is 5.11 Å². The maximum atomic E-state index is 11.5. The number of hydrogen-bond acceptors (Lipinski definition) is 2. The van der Waals surface area contributed by atoms with Crippen LogP contribution in [0.5, 0.6) is 0 Å². The predicted molar refractivity (Wildman–Crippen MR) is 105 cm³/mol. The highest BCUT2D eigenvalue weighted by molar-refractivity contribution is 7.13. The van der Waals surface area contributed by atoms with Crippen LogP contribution in [0, 0.1) is 0 Å². The molecule has 3 heteroatoms. The molecule has 1 N–H and O–H groups in total. The summed E-state index contributed by atoms with van der Waals surface area (Å²) in [4.78, 5) is 11.8. The van der Waals surface area contributed by atoms with E-state index in [1.807, 2.05) is 93.7 Å². The van der Waals surface area contributed by atoms with E-state index >= 15 is 0 Å². The lowest BCUT2D eigenvalue weighted by atomic mass is 9.97. The molecular formula is C21H24O2S. The highest BCUT2D eigenvalue weighted by Gasteiger charge is 2.19. The number of hydrogen-bond donors (Lipinski definition) is 1. The number of carboxylic acids is 1. The van der Waals surface area contributed by atoms with Gasteiger partial charge in [-0.3, -0.25) is 0 Å². The topological polar surface area (TPSA) is 37.3 Å². The number of aromatic carboxylic acids is 1. The van der Waals surface area contributed by atoms with E-state index in [1.165, 1.54) is 11.3 Å². The summed E-state index contributed by atoms with van der Waals surface area (Å²) in [7, 11) is 0. The Morgan fingerprint density at radius 1 is 0.792 bits per heavy atom. The lowest BCUT2D eigenvalue weighted by molar-refractivity contribution is 0.0703. The largest absolute Gasteiger partial charge is 0.477 e. The van der Waals surface area contributed by atoms with Gasteiger partial charge in [-0.25, -0.2) is 4.79 Å². The minimum atomic E-state index is -0.879. The highest BCUT2D eigenvalue weighted by atomic mass is 32.1. The molecule has 0 spiro atoms. The van der Waals surface area contributed by atoms with E-state index in [0.29, 0.717) is 4.88 Å². The van der Waals surface area contributed by atoms with Crippen molar-refractivity contribution in [3.8, 4) is 22.3 Å². The molecule has 0 bridgehead atoms. The fraction of sp³-hybridized carbons (Fsp3) is 0.190. The van der Waals surface area contributed by atoms with Crippen LogP contribution in [-0.2, 0) is 0 Å². The molecular weight excluding hydrogens is 316 g/mol. The van der Waals surface area contributed by atoms with Crippen molar-refractivity contribution in [2.45, 2.75) is 27.7 Å². The zero-order valence-corrected chi connectivity index (χ0v) is 15.4. The van der Waals surface area contributed by atoms with Crippen LogP contribution in [0.2, 0.25) is 0 Å². The summed E-state index contributed by atoms with van der Waals surface area (Å²) in [6, 6.07) is 19.5. The van der Waals surface area contributed by atoms with Gasteiger partial charge in [0.15, 0.2) is 0 Å². The quantitative estimate of drug-likeness (QED) is 0.567. The monoisotopic (exact) mass is 340 g/mol. The molecule has 0 aliphatic heterocycles. The first-order valence-electron chi connectivity index (χ1n) is 8.23. The third kappa shape index (κ3) is 4.56. The number of carboxylic acid groups (broad SMARTS) is 1. The maximum Gasteiger partial charge on any atom is 0.346 e. The Balaban J connectivity index is 0.000000671. The SMILES string of the molecule is CC.CC.O=C(O)c1scc(-c2ccccc2)c1-c1ccccc1. The Labute approximate surface area is 148 Å². The van der Waals surface area contributed by atoms with Crippen molar-refractivity contribution in [2.75, 3.05) is 0 Å². The smallest absolute Gasteiger partial charge is 0.346 e. The van der Waals surface area contributed by atoms with Crippen molar-refractivity contribution in [1.29, 1.82) is 0 Å². The molecule has 126 valence electrons. The Morgan fingerprint density at radius 2 is 1.25 bits per heavy atom. The molecule has 24 heavy (non-hydrogen) atoms. The Kier molecular flexibility index (Phi) is 8.52. The van der Waals surface area contributed by atoms with Crippen LogP contribution < -0.4 is 0 Å². The van der Waals surface area contributed by atoms with Gasteiger partial charge in [-0.15, -0.1) is 11.3 Å². The van der Waals surface area contributed by atoms with Crippen LogP contribution in [0.25, 0.3) is 22.3 Å². The molecule has 0 radical (unpaired) electrons. The van der Waals surface area contributed by atoms with E-state index in [2.05, 4.69) is 0 Å².